The number of hydrogen-bond acceptors (Lipinski definition) is 4. The predicted molar refractivity (Wildman–Crippen MR) is 117 cm³/mol. The van der Waals surface area contributed by atoms with Crippen LogP contribution < -0.4 is 10.9 Å². The number of nitrogens with zero attached hydrogens (tertiary/aromatic N) is 3. The molecule has 0 atom stereocenters. The number of hydrogen-bond donors (Lipinski definition) is 1. The number of carbonyl (C=O) groups is 1. The van der Waals surface area contributed by atoms with Crippen molar-refractivity contribution in [2.75, 3.05) is 11.9 Å². The third-order valence-electron chi connectivity index (χ3n) is 5.48. The fraction of sp³-hybridized carbons (Fsp3) is 0.292. The molecule has 1 amide bonds. The minimum absolute atomic E-state index is 0.0393. The Kier molecular flexibility index (Phi) is 6.05. The van der Waals surface area contributed by atoms with E-state index in [2.05, 4.69) is 34.3 Å². The summed E-state index contributed by atoms with van der Waals surface area (Å²) in [5, 5.41) is 2.85. The van der Waals surface area contributed by atoms with Gasteiger partial charge in [-0.05, 0) is 36.1 Å². The van der Waals surface area contributed by atoms with Crippen LogP contribution in [0.25, 0.3) is 0 Å². The second kappa shape index (κ2) is 9.05. The second-order valence-electron chi connectivity index (χ2n) is 7.65. The third kappa shape index (κ3) is 4.66. The van der Waals surface area contributed by atoms with Gasteiger partial charge in [0.2, 0.25) is 5.91 Å². The van der Waals surface area contributed by atoms with Crippen LogP contribution >= 0.6 is 0 Å². The quantitative estimate of drug-likeness (QED) is 0.688. The van der Waals surface area contributed by atoms with Crippen LogP contribution in [0.1, 0.15) is 29.3 Å². The topological polar surface area (TPSA) is 67.2 Å². The van der Waals surface area contributed by atoms with E-state index in [0.29, 0.717) is 13.0 Å². The fourth-order valence-electron chi connectivity index (χ4n) is 3.78. The van der Waals surface area contributed by atoms with Gasteiger partial charge >= 0.3 is 0 Å². The molecule has 6 heteroatoms. The molecule has 1 N–H and O–H groups in total. The summed E-state index contributed by atoms with van der Waals surface area (Å²) in [5.41, 5.74) is 4.61. The first-order valence-corrected chi connectivity index (χ1v) is 10.3. The van der Waals surface area contributed by atoms with Crippen molar-refractivity contribution in [2.24, 2.45) is 0 Å². The maximum absolute atomic E-state index is 12.9. The molecule has 2 heterocycles. The zero-order valence-corrected chi connectivity index (χ0v) is 17.2. The summed E-state index contributed by atoms with van der Waals surface area (Å²) in [7, 11) is 0. The van der Waals surface area contributed by atoms with Gasteiger partial charge in [-0.3, -0.25) is 19.1 Å². The maximum atomic E-state index is 12.9. The van der Waals surface area contributed by atoms with Crippen LogP contribution in [0.2, 0.25) is 0 Å². The summed E-state index contributed by atoms with van der Waals surface area (Å²) in [6.07, 6.45) is 3.09. The zero-order valence-electron chi connectivity index (χ0n) is 17.2. The average molecular weight is 402 g/mol. The molecule has 0 fully saturated rings. The lowest BCUT2D eigenvalue weighted by Gasteiger charge is -2.27. The fourth-order valence-corrected chi connectivity index (χ4v) is 3.78. The highest BCUT2D eigenvalue weighted by molar-refractivity contribution is 5.90. The molecule has 0 bridgehead atoms. The van der Waals surface area contributed by atoms with E-state index >= 15 is 0 Å². The Balaban J connectivity index is 1.41. The van der Waals surface area contributed by atoms with E-state index < -0.39 is 0 Å². The molecule has 0 radical (unpaired) electrons. The lowest BCUT2D eigenvalue weighted by atomic mass is 10.1. The molecule has 0 aliphatic carbocycles. The SMILES string of the molecule is CCc1ccc(NC(=O)Cn2cnc3c(c2=O)CCN(Cc2ccccc2)C3)cc1. The molecule has 0 saturated heterocycles. The zero-order chi connectivity index (χ0) is 20.9. The molecule has 0 spiro atoms. The average Bonchev–Trinajstić information content (AvgIpc) is 2.77. The predicted octanol–water partition coefficient (Wildman–Crippen LogP) is 3.00. The maximum Gasteiger partial charge on any atom is 0.257 e. The lowest BCUT2D eigenvalue weighted by molar-refractivity contribution is -0.116. The number of amides is 1. The molecule has 0 saturated carbocycles. The van der Waals surface area contributed by atoms with Crippen LogP contribution in [0.4, 0.5) is 5.69 Å². The normalized spacial score (nSPS) is 13.6. The Bertz CT molecular complexity index is 1070. The van der Waals surface area contributed by atoms with E-state index in [1.165, 1.54) is 22.0 Å². The Labute approximate surface area is 176 Å². The van der Waals surface area contributed by atoms with Gasteiger partial charge in [-0.1, -0.05) is 49.4 Å². The highest BCUT2D eigenvalue weighted by atomic mass is 16.2. The second-order valence-corrected chi connectivity index (χ2v) is 7.65. The smallest absolute Gasteiger partial charge is 0.257 e. The number of carbonyl (C=O) groups excluding carboxylic acids is 1. The molecule has 1 aromatic heterocycles. The van der Waals surface area contributed by atoms with Crippen molar-refractivity contribution in [3.05, 3.63) is 93.7 Å². The molecule has 30 heavy (non-hydrogen) atoms. The first-order chi connectivity index (χ1) is 14.6. The summed E-state index contributed by atoms with van der Waals surface area (Å²) < 4.78 is 1.40. The molecule has 3 aromatic rings. The number of fused-ring (bicyclic) bond motifs is 1. The molecule has 2 aromatic carbocycles. The van der Waals surface area contributed by atoms with Crippen LogP contribution in [-0.2, 0) is 37.3 Å². The Hall–Kier alpha value is -3.25. The van der Waals surface area contributed by atoms with E-state index in [1.807, 2.05) is 42.5 Å². The molecule has 0 unspecified atom stereocenters. The Morgan fingerprint density at radius 2 is 1.83 bits per heavy atom. The van der Waals surface area contributed by atoms with E-state index in [9.17, 15) is 9.59 Å². The molecule has 1 aliphatic heterocycles. The highest BCUT2D eigenvalue weighted by Gasteiger charge is 2.21. The van der Waals surface area contributed by atoms with Gasteiger partial charge in [0.05, 0.1) is 12.0 Å². The molecule has 154 valence electrons. The van der Waals surface area contributed by atoms with E-state index in [-0.39, 0.29) is 18.0 Å². The van der Waals surface area contributed by atoms with Gasteiger partial charge < -0.3 is 5.32 Å². The van der Waals surface area contributed by atoms with E-state index in [4.69, 9.17) is 0 Å². The van der Waals surface area contributed by atoms with Gasteiger partial charge in [-0.2, -0.15) is 0 Å². The molecular weight excluding hydrogens is 376 g/mol. The monoisotopic (exact) mass is 402 g/mol. The highest BCUT2D eigenvalue weighted by Crippen LogP contribution is 2.16. The van der Waals surface area contributed by atoms with Crippen molar-refractivity contribution < 1.29 is 4.79 Å². The molecule has 1 aliphatic rings. The van der Waals surface area contributed by atoms with Crippen molar-refractivity contribution in [1.29, 1.82) is 0 Å². The minimum atomic E-state index is -0.232. The van der Waals surface area contributed by atoms with Crippen molar-refractivity contribution in [1.82, 2.24) is 14.5 Å². The van der Waals surface area contributed by atoms with Gasteiger partial charge in [0, 0.05) is 30.9 Å². The van der Waals surface area contributed by atoms with Crippen molar-refractivity contribution >= 4 is 11.6 Å². The first-order valence-electron chi connectivity index (χ1n) is 10.3. The van der Waals surface area contributed by atoms with Crippen LogP contribution in [0.15, 0.2) is 65.7 Å². The Morgan fingerprint density at radius 3 is 2.57 bits per heavy atom. The van der Waals surface area contributed by atoms with Gasteiger partial charge in [0.1, 0.15) is 6.54 Å². The van der Waals surface area contributed by atoms with Crippen LogP contribution in [0.3, 0.4) is 0 Å². The minimum Gasteiger partial charge on any atom is -0.325 e. The summed E-state index contributed by atoms with van der Waals surface area (Å²) >= 11 is 0. The van der Waals surface area contributed by atoms with Gasteiger partial charge in [-0.15, -0.1) is 0 Å². The first kappa shape index (κ1) is 20.0. The number of aromatic nitrogens is 2. The van der Waals surface area contributed by atoms with Gasteiger partial charge in [-0.25, -0.2) is 4.98 Å². The molecule has 4 rings (SSSR count). The van der Waals surface area contributed by atoms with Crippen molar-refractivity contribution in [3.8, 4) is 0 Å². The van der Waals surface area contributed by atoms with Crippen LogP contribution in [0.5, 0.6) is 0 Å². The van der Waals surface area contributed by atoms with Crippen molar-refractivity contribution in [3.63, 3.8) is 0 Å². The lowest BCUT2D eigenvalue weighted by Crippen LogP contribution is -2.38. The summed E-state index contributed by atoms with van der Waals surface area (Å²) in [6.45, 7) is 4.34. The number of nitrogens with one attached hydrogen (secondary N) is 1. The number of aryl methyl sites for hydroxylation is 1. The largest absolute Gasteiger partial charge is 0.325 e. The summed E-state index contributed by atoms with van der Waals surface area (Å²) in [4.78, 5) is 32.1. The van der Waals surface area contributed by atoms with Gasteiger partial charge in [0.25, 0.3) is 5.56 Å². The third-order valence-corrected chi connectivity index (χ3v) is 5.48. The summed E-state index contributed by atoms with van der Waals surface area (Å²) in [5.74, 6) is -0.232. The summed E-state index contributed by atoms with van der Waals surface area (Å²) in [6, 6.07) is 18.0. The molecule has 6 nitrogen and oxygen atoms in total. The standard InChI is InChI=1S/C24H26N4O2/c1-2-18-8-10-20(11-9-18)26-23(29)16-28-17-25-22-15-27(13-12-21(22)24(28)30)14-19-6-4-3-5-7-19/h3-11,17H,2,12-16H2,1H3,(H,26,29). The number of benzene rings is 2. The van der Waals surface area contributed by atoms with Crippen LogP contribution in [-0.4, -0.2) is 26.9 Å². The van der Waals surface area contributed by atoms with Crippen LogP contribution in [0, 0.1) is 0 Å². The van der Waals surface area contributed by atoms with E-state index in [1.54, 1.807) is 0 Å². The number of anilines is 1. The van der Waals surface area contributed by atoms with E-state index in [0.717, 1.165) is 36.5 Å². The Morgan fingerprint density at radius 1 is 1.07 bits per heavy atom. The van der Waals surface area contributed by atoms with Gasteiger partial charge in [0.15, 0.2) is 0 Å². The number of rotatable bonds is 6. The van der Waals surface area contributed by atoms with Crippen molar-refractivity contribution in [2.45, 2.75) is 39.4 Å². The molecular formula is C24H26N4O2.